The van der Waals surface area contributed by atoms with Gasteiger partial charge in [-0.05, 0) is 12.1 Å². The highest BCUT2D eigenvalue weighted by Gasteiger charge is 2.19. The maximum absolute atomic E-state index is 11.9. The van der Waals surface area contributed by atoms with E-state index in [0.717, 1.165) is 0 Å². The van der Waals surface area contributed by atoms with Crippen molar-refractivity contribution in [2.75, 3.05) is 16.9 Å². The van der Waals surface area contributed by atoms with Gasteiger partial charge < -0.3 is 5.32 Å². The Morgan fingerprint density at radius 2 is 2.00 bits per heavy atom. The number of amides is 1. The minimum atomic E-state index is -3.35. The van der Waals surface area contributed by atoms with Gasteiger partial charge in [-0.25, -0.2) is 8.42 Å². The molecule has 0 fully saturated rings. The van der Waals surface area contributed by atoms with E-state index < -0.39 is 9.84 Å². The van der Waals surface area contributed by atoms with E-state index in [1.807, 2.05) is 0 Å². The number of carbonyl (C=O) groups excluding carboxylic acids is 1. The van der Waals surface area contributed by atoms with Gasteiger partial charge in [0.1, 0.15) is 0 Å². The molecule has 1 rings (SSSR count). The molecule has 100 valence electrons. The van der Waals surface area contributed by atoms with Crippen LogP contribution in [-0.2, 0) is 14.6 Å². The summed E-state index contributed by atoms with van der Waals surface area (Å²) < 4.78 is 23.7. The third-order valence-corrected chi connectivity index (χ3v) is 4.79. The Bertz CT molecular complexity index is 528. The average Bonchev–Trinajstić information content (AvgIpc) is 2.38. The van der Waals surface area contributed by atoms with E-state index in [1.54, 1.807) is 32.0 Å². The number of hydrogen-bond acceptors (Lipinski definition) is 3. The molecule has 0 radical (unpaired) electrons. The normalized spacial score (nSPS) is 13.1. The molecule has 0 bridgehead atoms. The van der Waals surface area contributed by atoms with Crippen molar-refractivity contribution in [2.24, 2.45) is 5.92 Å². The standard InChI is InChI=1S/C12H16ClNO3S/c1-3-18(16,17)11-7-5-4-6-10(11)14-12(15)9(2)8-13/h4-7,9H,3,8H2,1-2H3,(H,14,15). The topological polar surface area (TPSA) is 63.2 Å². The predicted molar refractivity (Wildman–Crippen MR) is 72.7 cm³/mol. The maximum Gasteiger partial charge on any atom is 0.228 e. The Hall–Kier alpha value is -1.07. The number of sulfone groups is 1. The molecule has 4 nitrogen and oxygen atoms in total. The Balaban J connectivity index is 3.08. The van der Waals surface area contributed by atoms with Crippen LogP contribution in [0.2, 0.25) is 0 Å². The molecule has 1 amide bonds. The number of benzene rings is 1. The largest absolute Gasteiger partial charge is 0.325 e. The summed E-state index contributed by atoms with van der Waals surface area (Å²) in [6.07, 6.45) is 0. The van der Waals surface area contributed by atoms with E-state index in [1.165, 1.54) is 6.07 Å². The number of halogens is 1. The molecular formula is C12H16ClNO3S. The molecule has 0 saturated heterocycles. The Kier molecular flexibility index (Phi) is 5.16. The van der Waals surface area contributed by atoms with E-state index in [-0.39, 0.29) is 28.4 Å². The fraction of sp³-hybridized carbons (Fsp3) is 0.417. The van der Waals surface area contributed by atoms with Crippen molar-refractivity contribution < 1.29 is 13.2 Å². The van der Waals surface area contributed by atoms with E-state index in [2.05, 4.69) is 5.32 Å². The highest BCUT2D eigenvalue weighted by molar-refractivity contribution is 7.91. The van der Waals surface area contributed by atoms with Crippen molar-refractivity contribution >= 4 is 33.0 Å². The van der Waals surface area contributed by atoms with Crippen LogP contribution in [0.15, 0.2) is 29.2 Å². The molecule has 1 aromatic rings. The lowest BCUT2D eigenvalue weighted by Gasteiger charge is -2.13. The Labute approximate surface area is 112 Å². The lowest BCUT2D eigenvalue weighted by molar-refractivity contribution is -0.118. The van der Waals surface area contributed by atoms with Gasteiger partial charge in [-0.2, -0.15) is 0 Å². The second-order valence-electron chi connectivity index (χ2n) is 3.94. The SMILES string of the molecule is CCS(=O)(=O)c1ccccc1NC(=O)C(C)CCl. The van der Waals surface area contributed by atoms with Gasteiger partial charge in [0.05, 0.1) is 16.3 Å². The van der Waals surface area contributed by atoms with Gasteiger partial charge in [-0.15, -0.1) is 11.6 Å². The number of nitrogens with one attached hydrogen (secondary N) is 1. The summed E-state index contributed by atoms with van der Waals surface area (Å²) in [7, 11) is -3.35. The first-order chi connectivity index (χ1) is 8.42. The van der Waals surface area contributed by atoms with Gasteiger partial charge in [-0.1, -0.05) is 26.0 Å². The predicted octanol–water partition coefficient (Wildman–Crippen LogP) is 2.29. The van der Waals surface area contributed by atoms with E-state index in [4.69, 9.17) is 11.6 Å². The molecular weight excluding hydrogens is 274 g/mol. The molecule has 6 heteroatoms. The molecule has 1 atom stereocenters. The highest BCUT2D eigenvalue weighted by Crippen LogP contribution is 2.22. The van der Waals surface area contributed by atoms with Gasteiger partial charge in [0.25, 0.3) is 0 Å². The molecule has 0 aliphatic carbocycles. The monoisotopic (exact) mass is 289 g/mol. The number of rotatable bonds is 5. The van der Waals surface area contributed by atoms with Gasteiger partial charge in [0, 0.05) is 11.8 Å². The van der Waals surface area contributed by atoms with E-state index in [0.29, 0.717) is 5.69 Å². The third kappa shape index (κ3) is 3.46. The molecule has 0 aromatic heterocycles. The number of anilines is 1. The van der Waals surface area contributed by atoms with Crippen molar-refractivity contribution in [1.29, 1.82) is 0 Å². The first-order valence-electron chi connectivity index (χ1n) is 5.61. The van der Waals surface area contributed by atoms with Crippen molar-refractivity contribution in [1.82, 2.24) is 0 Å². The molecule has 1 unspecified atom stereocenters. The molecule has 0 aliphatic heterocycles. The van der Waals surface area contributed by atoms with Crippen molar-refractivity contribution in [3.8, 4) is 0 Å². The third-order valence-electron chi connectivity index (χ3n) is 2.54. The van der Waals surface area contributed by atoms with Gasteiger partial charge >= 0.3 is 0 Å². The van der Waals surface area contributed by atoms with Crippen LogP contribution in [0.25, 0.3) is 0 Å². The average molecular weight is 290 g/mol. The number of carbonyl (C=O) groups is 1. The summed E-state index contributed by atoms with van der Waals surface area (Å²) in [5.41, 5.74) is 0.307. The van der Waals surface area contributed by atoms with Crippen molar-refractivity contribution in [3.05, 3.63) is 24.3 Å². The summed E-state index contributed by atoms with van der Waals surface area (Å²) in [4.78, 5) is 11.9. The first kappa shape index (κ1) is 15.0. The second-order valence-corrected chi connectivity index (χ2v) is 6.50. The van der Waals surface area contributed by atoms with Crippen LogP contribution in [0.1, 0.15) is 13.8 Å². The van der Waals surface area contributed by atoms with Crippen LogP contribution in [0.5, 0.6) is 0 Å². The second kappa shape index (κ2) is 6.20. The lowest BCUT2D eigenvalue weighted by atomic mass is 10.2. The number of para-hydroxylation sites is 1. The molecule has 0 saturated carbocycles. The van der Waals surface area contributed by atoms with E-state index in [9.17, 15) is 13.2 Å². The quantitative estimate of drug-likeness (QED) is 0.846. The zero-order chi connectivity index (χ0) is 13.8. The molecule has 1 N–H and O–H groups in total. The van der Waals surface area contributed by atoms with Gasteiger partial charge in [0.15, 0.2) is 9.84 Å². The number of alkyl halides is 1. The van der Waals surface area contributed by atoms with Crippen LogP contribution in [0.4, 0.5) is 5.69 Å². The van der Waals surface area contributed by atoms with Gasteiger partial charge in [0.2, 0.25) is 5.91 Å². The molecule has 0 spiro atoms. The molecule has 18 heavy (non-hydrogen) atoms. The zero-order valence-electron chi connectivity index (χ0n) is 10.3. The minimum Gasteiger partial charge on any atom is -0.325 e. The first-order valence-corrected chi connectivity index (χ1v) is 7.79. The summed E-state index contributed by atoms with van der Waals surface area (Å²) in [5, 5.41) is 2.60. The van der Waals surface area contributed by atoms with Crippen LogP contribution in [0, 0.1) is 5.92 Å². The molecule has 0 aliphatic rings. The summed E-state index contributed by atoms with van der Waals surface area (Å²) >= 11 is 5.59. The summed E-state index contributed by atoms with van der Waals surface area (Å²) in [6, 6.07) is 6.36. The molecule has 0 heterocycles. The smallest absolute Gasteiger partial charge is 0.228 e. The van der Waals surface area contributed by atoms with Crippen molar-refractivity contribution in [3.63, 3.8) is 0 Å². The minimum absolute atomic E-state index is 0.00898. The van der Waals surface area contributed by atoms with Crippen LogP contribution >= 0.6 is 11.6 Å². The molecule has 1 aromatic carbocycles. The summed E-state index contributed by atoms with van der Waals surface area (Å²) in [6.45, 7) is 3.24. The van der Waals surface area contributed by atoms with E-state index >= 15 is 0 Å². The van der Waals surface area contributed by atoms with Crippen LogP contribution < -0.4 is 5.32 Å². The zero-order valence-corrected chi connectivity index (χ0v) is 11.9. The number of hydrogen-bond donors (Lipinski definition) is 1. The van der Waals surface area contributed by atoms with Crippen LogP contribution in [0.3, 0.4) is 0 Å². The highest BCUT2D eigenvalue weighted by atomic mass is 35.5. The Morgan fingerprint density at radius 3 is 2.56 bits per heavy atom. The lowest BCUT2D eigenvalue weighted by Crippen LogP contribution is -2.22. The fourth-order valence-electron chi connectivity index (χ4n) is 1.32. The van der Waals surface area contributed by atoms with Crippen molar-refractivity contribution in [2.45, 2.75) is 18.7 Å². The van der Waals surface area contributed by atoms with Crippen LogP contribution in [-0.4, -0.2) is 26.0 Å². The fourth-order valence-corrected chi connectivity index (χ4v) is 2.51. The van der Waals surface area contributed by atoms with Gasteiger partial charge in [-0.3, -0.25) is 4.79 Å². The summed E-state index contributed by atoms with van der Waals surface area (Å²) in [5.74, 6) is -0.479. The maximum atomic E-state index is 11.9. The Morgan fingerprint density at radius 1 is 1.39 bits per heavy atom.